The normalized spacial score (nSPS) is 21.6. The van der Waals surface area contributed by atoms with E-state index in [1.54, 1.807) is 12.4 Å². The smallest absolute Gasteiger partial charge is 0.212 e. The molecule has 0 amide bonds. The maximum absolute atomic E-state index is 12.4. The molecule has 0 bridgehead atoms. The number of hydrogen-bond donors (Lipinski definition) is 1. The first-order valence-electron chi connectivity index (χ1n) is 8.12. The summed E-state index contributed by atoms with van der Waals surface area (Å²) in [5.74, 6) is 1.10. The van der Waals surface area contributed by atoms with Gasteiger partial charge in [-0.2, -0.15) is 0 Å². The van der Waals surface area contributed by atoms with Crippen LogP contribution in [0.3, 0.4) is 0 Å². The Bertz CT molecular complexity index is 566. The molecule has 0 radical (unpaired) electrons. The SMILES string of the molecule is O=S(=O)(CCC1CCOCC1)NC(c1cccnc1)C1CC1. The number of sulfonamides is 1. The van der Waals surface area contributed by atoms with E-state index in [1.807, 2.05) is 12.1 Å². The van der Waals surface area contributed by atoms with E-state index in [1.165, 1.54) is 0 Å². The van der Waals surface area contributed by atoms with Crippen molar-refractivity contribution in [2.24, 2.45) is 11.8 Å². The topological polar surface area (TPSA) is 68.3 Å². The van der Waals surface area contributed by atoms with Gasteiger partial charge in [0.05, 0.1) is 11.8 Å². The Hall–Kier alpha value is -0.980. The van der Waals surface area contributed by atoms with E-state index in [-0.39, 0.29) is 11.8 Å². The average Bonchev–Trinajstić information content (AvgIpc) is 3.38. The van der Waals surface area contributed by atoms with Gasteiger partial charge in [-0.15, -0.1) is 0 Å². The molecule has 2 fully saturated rings. The standard InChI is InChI=1S/C16H24N2O3S/c19-22(20,11-7-13-5-9-21-10-6-13)18-16(14-3-4-14)15-2-1-8-17-12-15/h1-2,8,12-14,16,18H,3-7,9-11H2. The van der Waals surface area contributed by atoms with E-state index in [9.17, 15) is 8.42 Å². The van der Waals surface area contributed by atoms with Gasteiger partial charge in [-0.25, -0.2) is 13.1 Å². The molecule has 1 aromatic rings. The lowest BCUT2D eigenvalue weighted by atomic mass is 9.98. The summed E-state index contributed by atoms with van der Waals surface area (Å²) in [6.07, 6.45) is 8.33. The quantitative estimate of drug-likeness (QED) is 0.835. The van der Waals surface area contributed by atoms with Crippen LogP contribution in [0.5, 0.6) is 0 Å². The Kier molecular flexibility index (Phi) is 5.10. The number of hydrogen-bond acceptors (Lipinski definition) is 4. The van der Waals surface area contributed by atoms with Crippen molar-refractivity contribution in [2.75, 3.05) is 19.0 Å². The summed E-state index contributed by atoms with van der Waals surface area (Å²) in [5.41, 5.74) is 0.972. The summed E-state index contributed by atoms with van der Waals surface area (Å²) >= 11 is 0. The molecular formula is C16H24N2O3S. The molecule has 22 heavy (non-hydrogen) atoms. The summed E-state index contributed by atoms with van der Waals surface area (Å²) in [6.45, 7) is 1.52. The van der Waals surface area contributed by atoms with Crippen LogP contribution in [0.25, 0.3) is 0 Å². The maximum Gasteiger partial charge on any atom is 0.212 e. The summed E-state index contributed by atoms with van der Waals surface area (Å²) < 4.78 is 33.1. The second-order valence-corrected chi connectivity index (χ2v) is 8.26. The molecule has 2 heterocycles. The third-order valence-corrected chi connectivity index (χ3v) is 5.97. The average molecular weight is 324 g/mol. The molecule has 1 unspecified atom stereocenters. The fourth-order valence-corrected chi connectivity index (χ4v) is 4.51. The fraction of sp³-hybridized carbons (Fsp3) is 0.688. The van der Waals surface area contributed by atoms with E-state index in [2.05, 4.69) is 9.71 Å². The Balaban J connectivity index is 1.59. The van der Waals surface area contributed by atoms with Crippen molar-refractivity contribution in [2.45, 2.75) is 38.1 Å². The molecule has 1 aromatic heterocycles. The van der Waals surface area contributed by atoms with Gasteiger partial charge in [-0.05, 0) is 55.6 Å². The Morgan fingerprint density at radius 3 is 2.68 bits per heavy atom. The summed E-state index contributed by atoms with van der Waals surface area (Å²) in [5, 5.41) is 0. The molecule has 122 valence electrons. The van der Waals surface area contributed by atoms with E-state index >= 15 is 0 Å². The lowest BCUT2D eigenvalue weighted by Gasteiger charge is -2.23. The van der Waals surface area contributed by atoms with Crippen LogP contribution in [0.4, 0.5) is 0 Å². The third-order valence-electron chi connectivity index (χ3n) is 4.58. The molecule has 3 rings (SSSR count). The van der Waals surface area contributed by atoms with Crippen molar-refractivity contribution in [1.29, 1.82) is 0 Å². The van der Waals surface area contributed by atoms with Crippen molar-refractivity contribution < 1.29 is 13.2 Å². The third kappa shape index (κ3) is 4.51. The van der Waals surface area contributed by atoms with E-state index in [0.717, 1.165) is 50.9 Å². The highest BCUT2D eigenvalue weighted by Crippen LogP contribution is 2.41. The number of nitrogens with zero attached hydrogens (tertiary/aromatic N) is 1. The molecule has 1 N–H and O–H groups in total. The molecule has 1 atom stereocenters. The van der Waals surface area contributed by atoms with Crippen molar-refractivity contribution in [1.82, 2.24) is 9.71 Å². The number of ether oxygens (including phenoxy) is 1. The molecule has 0 aromatic carbocycles. The Labute approximate surface area is 132 Å². The van der Waals surface area contributed by atoms with Crippen LogP contribution in [-0.4, -0.2) is 32.4 Å². The number of rotatable bonds is 7. The van der Waals surface area contributed by atoms with Crippen LogP contribution in [0.2, 0.25) is 0 Å². The highest BCUT2D eigenvalue weighted by molar-refractivity contribution is 7.89. The minimum atomic E-state index is -3.25. The van der Waals surface area contributed by atoms with Crippen molar-refractivity contribution in [3.8, 4) is 0 Å². The van der Waals surface area contributed by atoms with Gasteiger partial charge in [0.1, 0.15) is 0 Å². The maximum atomic E-state index is 12.4. The first kappa shape index (κ1) is 15.9. The summed E-state index contributed by atoms with van der Waals surface area (Å²) in [6, 6.07) is 3.70. The van der Waals surface area contributed by atoms with Crippen LogP contribution in [0.1, 0.15) is 43.7 Å². The predicted octanol–water partition coefficient (Wildman–Crippen LogP) is 2.27. The van der Waals surface area contributed by atoms with Crippen molar-refractivity contribution in [3.63, 3.8) is 0 Å². The first-order valence-corrected chi connectivity index (χ1v) is 9.77. The van der Waals surface area contributed by atoms with Gasteiger partial charge in [-0.3, -0.25) is 4.98 Å². The van der Waals surface area contributed by atoms with E-state index < -0.39 is 10.0 Å². The molecule has 1 aliphatic heterocycles. The Morgan fingerprint density at radius 2 is 2.05 bits per heavy atom. The molecule has 0 spiro atoms. The minimum absolute atomic E-state index is 0.117. The van der Waals surface area contributed by atoms with E-state index in [0.29, 0.717) is 11.8 Å². The van der Waals surface area contributed by atoms with Crippen LogP contribution < -0.4 is 4.72 Å². The monoisotopic (exact) mass is 324 g/mol. The largest absolute Gasteiger partial charge is 0.381 e. The molecule has 1 saturated heterocycles. The van der Waals surface area contributed by atoms with Gasteiger partial charge in [0, 0.05) is 25.6 Å². The zero-order valence-corrected chi connectivity index (χ0v) is 13.6. The van der Waals surface area contributed by atoms with Gasteiger partial charge in [0.2, 0.25) is 10.0 Å². The van der Waals surface area contributed by atoms with Gasteiger partial charge in [0.15, 0.2) is 0 Å². The van der Waals surface area contributed by atoms with Gasteiger partial charge < -0.3 is 4.74 Å². The lowest BCUT2D eigenvalue weighted by molar-refractivity contribution is 0.0655. The minimum Gasteiger partial charge on any atom is -0.381 e. The van der Waals surface area contributed by atoms with Crippen molar-refractivity contribution in [3.05, 3.63) is 30.1 Å². The zero-order valence-electron chi connectivity index (χ0n) is 12.8. The van der Waals surface area contributed by atoms with Gasteiger partial charge in [-0.1, -0.05) is 6.07 Å². The van der Waals surface area contributed by atoms with Crippen LogP contribution in [0, 0.1) is 11.8 Å². The highest BCUT2D eigenvalue weighted by atomic mass is 32.2. The lowest BCUT2D eigenvalue weighted by Crippen LogP contribution is -2.33. The summed E-state index contributed by atoms with van der Waals surface area (Å²) in [7, 11) is -3.25. The number of aromatic nitrogens is 1. The molecule has 6 heteroatoms. The molecule has 1 aliphatic carbocycles. The number of pyridine rings is 1. The van der Waals surface area contributed by atoms with Gasteiger partial charge >= 0.3 is 0 Å². The number of nitrogens with one attached hydrogen (secondary N) is 1. The predicted molar refractivity (Wildman–Crippen MR) is 84.8 cm³/mol. The van der Waals surface area contributed by atoms with Gasteiger partial charge in [0.25, 0.3) is 0 Å². The highest BCUT2D eigenvalue weighted by Gasteiger charge is 2.35. The molecule has 5 nitrogen and oxygen atoms in total. The van der Waals surface area contributed by atoms with Crippen LogP contribution in [-0.2, 0) is 14.8 Å². The molecular weight excluding hydrogens is 300 g/mol. The first-order chi connectivity index (χ1) is 10.6. The fourth-order valence-electron chi connectivity index (χ4n) is 3.04. The summed E-state index contributed by atoms with van der Waals surface area (Å²) in [4.78, 5) is 4.12. The molecule has 2 aliphatic rings. The van der Waals surface area contributed by atoms with Crippen molar-refractivity contribution >= 4 is 10.0 Å². The second kappa shape index (κ2) is 7.06. The van der Waals surface area contributed by atoms with E-state index in [4.69, 9.17) is 4.74 Å². The van der Waals surface area contributed by atoms with Crippen LogP contribution in [0.15, 0.2) is 24.5 Å². The second-order valence-electron chi connectivity index (χ2n) is 6.38. The zero-order chi connectivity index (χ0) is 15.4. The van der Waals surface area contributed by atoms with Crippen LogP contribution >= 0.6 is 0 Å². The molecule has 1 saturated carbocycles. The Morgan fingerprint density at radius 1 is 1.27 bits per heavy atom.